The molecular weight excluding hydrogens is 276 g/mol. The van der Waals surface area contributed by atoms with Gasteiger partial charge in [0.15, 0.2) is 0 Å². The van der Waals surface area contributed by atoms with E-state index >= 15 is 0 Å². The zero-order valence-corrected chi connectivity index (χ0v) is 14.0. The van der Waals surface area contributed by atoms with Gasteiger partial charge in [-0.3, -0.25) is 0 Å². The van der Waals surface area contributed by atoms with Crippen LogP contribution in [-0.4, -0.2) is 23.6 Å². The Kier molecular flexibility index (Phi) is 4.73. The minimum Gasteiger partial charge on any atom is -0.390 e. The zero-order chi connectivity index (χ0) is 15.8. The van der Waals surface area contributed by atoms with Gasteiger partial charge < -0.3 is 9.67 Å². The average Bonchev–Trinajstić information content (AvgIpc) is 2.54. The molecule has 1 rings (SSSR count). The lowest BCUT2D eigenvalue weighted by molar-refractivity contribution is 0.269. The fourth-order valence-corrected chi connectivity index (χ4v) is 4.17. The van der Waals surface area contributed by atoms with Crippen molar-refractivity contribution in [2.45, 2.75) is 58.1 Å². The topological polar surface area (TPSA) is 71.3 Å². The van der Waals surface area contributed by atoms with Crippen molar-refractivity contribution >= 4 is 10.0 Å². The molecule has 0 atom stereocenters. The number of hydrogen-bond acceptors (Lipinski definition) is 3. The Balaban J connectivity index is 2.99. The first-order chi connectivity index (χ1) is 8.86. The molecule has 1 aromatic rings. The van der Waals surface area contributed by atoms with E-state index in [1.54, 1.807) is 11.6 Å². The number of aliphatic hydroxyl groups is 1. The van der Waals surface area contributed by atoms with E-state index in [9.17, 15) is 8.42 Å². The SMILES string of the molecule is Cn1cc(S(=O)(=O)NC(C)(C)CC(C)(C)C)cc1CO. The first-order valence-electron chi connectivity index (χ1n) is 6.66. The van der Waals surface area contributed by atoms with E-state index in [1.807, 2.05) is 13.8 Å². The highest BCUT2D eigenvalue weighted by Crippen LogP contribution is 2.28. The van der Waals surface area contributed by atoms with Crippen LogP contribution in [0.3, 0.4) is 0 Å². The van der Waals surface area contributed by atoms with Crippen molar-refractivity contribution in [2.75, 3.05) is 0 Å². The highest BCUT2D eigenvalue weighted by Gasteiger charge is 2.31. The molecule has 116 valence electrons. The molecule has 0 aliphatic heterocycles. The second-order valence-corrected chi connectivity index (χ2v) is 8.85. The van der Waals surface area contributed by atoms with E-state index in [2.05, 4.69) is 25.5 Å². The predicted molar refractivity (Wildman–Crippen MR) is 79.8 cm³/mol. The average molecular weight is 302 g/mol. The van der Waals surface area contributed by atoms with Gasteiger partial charge in [0.05, 0.1) is 11.5 Å². The van der Waals surface area contributed by atoms with Crippen LogP contribution >= 0.6 is 0 Å². The van der Waals surface area contributed by atoms with Gasteiger partial charge >= 0.3 is 0 Å². The summed E-state index contributed by atoms with van der Waals surface area (Å²) in [5, 5.41) is 9.15. The summed E-state index contributed by atoms with van der Waals surface area (Å²) < 4.78 is 29.2. The van der Waals surface area contributed by atoms with Crippen molar-refractivity contribution in [3.8, 4) is 0 Å². The lowest BCUT2D eigenvalue weighted by atomic mass is 9.82. The molecule has 1 heterocycles. The Morgan fingerprint density at radius 2 is 1.80 bits per heavy atom. The molecule has 20 heavy (non-hydrogen) atoms. The van der Waals surface area contributed by atoms with Crippen molar-refractivity contribution in [3.05, 3.63) is 18.0 Å². The zero-order valence-electron chi connectivity index (χ0n) is 13.2. The minimum atomic E-state index is -3.58. The smallest absolute Gasteiger partial charge is 0.242 e. The predicted octanol–water partition coefficient (Wildman–Crippen LogP) is 2.01. The molecule has 0 aliphatic carbocycles. The number of aliphatic hydroxyl groups excluding tert-OH is 1. The first-order valence-corrected chi connectivity index (χ1v) is 8.15. The van der Waals surface area contributed by atoms with Crippen LogP contribution in [0.4, 0.5) is 0 Å². The van der Waals surface area contributed by atoms with Gasteiger partial charge in [0.2, 0.25) is 10.0 Å². The molecule has 0 fully saturated rings. The van der Waals surface area contributed by atoms with Crippen molar-refractivity contribution in [2.24, 2.45) is 12.5 Å². The van der Waals surface area contributed by atoms with Gasteiger partial charge in [-0.1, -0.05) is 20.8 Å². The molecule has 0 saturated heterocycles. The number of rotatable bonds is 5. The number of nitrogens with zero attached hydrogens (tertiary/aromatic N) is 1. The normalized spacial score (nSPS) is 13.8. The summed E-state index contributed by atoms with van der Waals surface area (Å²) in [6.07, 6.45) is 2.24. The van der Waals surface area contributed by atoms with Gasteiger partial charge in [-0.2, -0.15) is 0 Å². The van der Waals surface area contributed by atoms with Gasteiger partial charge in [-0.25, -0.2) is 13.1 Å². The second-order valence-electron chi connectivity index (χ2n) is 7.16. The molecule has 0 unspecified atom stereocenters. The molecule has 6 heteroatoms. The number of aryl methyl sites for hydroxylation is 1. The minimum absolute atomic E-state index is 0.0268. The maximum Gasteiger partial charge on any atom is 0.242 e. The van der Waals surface area contributed by atoms with E-state index in [-0.39, 0.29) is 16.9 Å². The van der Waals surface area contributed by atoms with Crippen molar-refractivity contribution in [1.82, 2.24) is 9.29 Å². The highest BCUT2D eigenvalue weighted by atomic mass is 32.2. The van der Waals surface area contributed by atoms with Crippen LogP contribution < -0.4 is 4.72 Å². The van der Waals surface area contributed by atoms with Gasteiger partial charge in [0.25, 0.3) is 0 Å². The molecule has 0 aromatic carbocycles. The van der Waals surface area contributed by atoms with Crippen LogP contribution in [0.2, 0.25) is 0 Å². The summed E-state index contributed by atoms with van der Waals surface area (Å²) in [4.78, 5) is 0.186. The molecule has 5 nitrogen and oxygen atoms in total. The van der Waals surface area contributed by atoms with E-state index < -0.39 is 15.6 Å². The standard InChI is InChI=1S/C14H26N2O3S/c1-13(2,3)10-14(4,5)15-20(18,19)12-7-11(9-17)16(6)8-12/h7-8,15,17H,9-10H2,1-6H3. The third-order valence-corrected chi connectivity index (χ3v) is 4.60. The Hall–Kier alpha value is -0.850. The summed E-state index contributed by atoms with van der Waals surface area (Å²) in [7, 11) is -1.87. The van der Waals surface area contributed by atoms with Gasteiger partial charge in [0, 0.05) is 24.5 Å². The number of hydrogen-bond donors (Lipinski definition) is 2. The molecule has 2 N–H and O–H groups in total. The quantitative estimate of drug-likeness (QED) is 0.874. The van der Waals surface area contributed by atoms with Crippen LogP contribution in [0.1, 0.15) is 46.7 Å². The molecule has 0 radical (unpaired) electrons. The van der Waals surface area contributed by atoms with E-state index in [0.717, 1.165) is 6.42 Å². The number of aromatic nitrogens is 1. The Morgan fingerprint density at radius 1 is 1.25 bits per heavy atom. The summed E-state index contributed by atoms with van der Waals surface area (Å²) in [5.41, 5.74) is 0.0599. The molecule has 0 aliphatic rings. The molecular formula is C14H26N2O3S. The van der Waals surface area contributed by atoms with Crippen LogP contribution in [-0.2, 0) is 23.7 Å². The third-order valence-electron chi connectivity index (χ3n) is 2.94. The summed E-state index contributed by atoms with van der Waals surface area (Å²) >= 11 is 0. The molecule has 1 aromatic heterocycles. The molecule has 0 saturated carbocycles. The van der Waals surface area contributed by atoms with Crippen LogP contribution in [0.5, 0.6) is 0 Å². The van der Waals surface area contributed by atoms with E-state index in [0.29, 0.717) is 5.69 Å². The monoisotopic (exact) mass is 302 g/mol. The number of nitrogens with one attached hydrogen (secondary N) is 1. The lowest BCUT2D eigenvalue weighted by Gasteiger charge is -2.32. The fourth-order valence-electron chi connectivity index (χ4n) is 2.67. The maximum atomic E-state index is 12.4. The molecule has 0 spiro atoms. The van der Waals surface area contributed by atoms with Gasteiger partial charge in [0.1, 0.15) is 0 Å². The van der Waals surface area contributed by atoms with Crippen molar-refractivity contribution < 1.29 is 13.5 Å². The highest BCUT2D eigenvalue weighted by molar-refractivity contribution is 7.89. The number of sulfonamides is 1. The van der Waals surface area contributed by atoms with Crippen molar-refractivity contribution in [3.63, 3.8) is 0 Å². The van der Waals surface area contributed by atoms with Crippen LogP contribution in [0.15, 0.2) is 17.2 Å². The third kappa shape index (κ3) is 4.61. The Morgan fingerprint density at radius 3 is 2.20 bits per heavy atom. The van der Waals surface area contributed by atoms with Crippen molar-refractivity contribution in [1.29, 1.82) is 0 Å². The van der Waals surface area contributed by atoms with Gasteiger partial charge in [-0.15, -0.1) is 0 Å². The largest absolute Gasteiger partial charge is 0.390 e. The van der Waals surface area contributed by atoms with E-state index in [1.165, 1.54) is 12.3 Å². The fraction of sp³-hybridized carbons (Fsp3) is 0.714. The van der Waals surface area contributed by atoms with Crippen LogP contribution in [0.25, 0.3) is 0 Å². The summed E-state index contributed by atoms with van der Waals surface area (Å²) in [5.74, 6) is 0. The Labute approximate surface area is 122 Å². The summed E-state index contributed by atoms with van der Waals surface area (Å²) in [6, 6.07) is 1.50. The molecule has 0 bridgehead atoms. The molecule has 0 amide bonds. The maximum absolute atomic E-state index is 12.4. The second kappa shape index (κ2) is 5.50. The first kappa shape index (κ1) is 17.2. The summed E-state index contributed by atoms with van der Waals surface area (Å²) in [6.45, 7) is 9.81. The van der Waals surface area contributed by atoms with Gasteiger partial charge in [-0.05, 0) is 31.7 Å². The Bertz CT molecular complexity index is 566. The van der Waals surface area contributed by atoms with Crippen LogP contribution in [0, 0.1) is 5.41 Å². The lowest BCUT2D eigenvalue weighted by Crippen LogP contribution is -2.45. The van der Waals surface area contributed by atoms with E-state index in [4.69, 9.17) is 5.11 Å².